The molecule has 1 unspecified atom stereocenters. The number of hydrogen-bond acceptors (Lipinski definition) is 8. The van der Waals surface area contributed by atoms with Crippen molar-refractivity contribution in [2.24, 2.45) is 5.92 Å². The lowest BCUT2D eigenvalue weighted by Crippen LogP contribution is -2.58. The van der Waals surface area contributed by atoms with Crippen molar-refractivity contribution in [2.45, 2.75) is 39.4 Å². The van der Waals surface area contributed by atoms with Gasteiger partial charge in [0.05, 0.1) is 12.1 Å². The van der Waals surface area contributed by atoms with Crippen LogP contribution in [0.2, 0.25) is 0 Å². The summed E-state index contributed by atoms with van der Waals surface area (Å²) in [6.07, 6.45) is 0. The fourth-order valence-corrected chi connectivity index (χ4v) is 5.55. The van der Waals surface area contributed by atoms with Gasteiger partial charge in [-0.2, -0.15) is 0 Å². The zero-order chi connectivity index (χ0) is 27.8. The largest absolute Gasteiger partial charge is 0.360 e. The summed E-state index contributed by atoms with van der Waals surface area (Å²) >= 11 is 0. The maximum absolute atomic E-state index is 13.9. The third kappa shape index (κ3) is 4.90. The molecule has 2 aliphatic heterocycles. The highest BCUT2D eigenvalue weighted by molar-refractivity contribution is 6.01. The maximum atomic E-state index is 13.9. The van der Waals surface area contributed by atoms with Gasteiger partial charge >= 0.3 is 0 Å². The Morgan fingerprint density at radius 3 is 2.62 bits per heavy atom. The quantitative estimate of drug-likeness (QED) is 0.407. The third-order valence-electron chi connectivity index (χ3n) is 7.76. The van der Waals surface area contributed by atoms with E-state index >= 15 is 0 Å². The van der Waals surface area contributed by atoms with E-state index < -0.39 is 6.04 Å². The number of hydrogen-bond donors (Lipinski definition) is 2. The van der Waals surface area contributed by atoms with E-state index in [2.05, 4.69) is 20.7 Å². The highest BCUT2D eigenvalue weighted by atomic mass is 16.5. The SMILES string of the molecule is Cc1onc(-c2ccccc2)c1C(=O)N1CCN2Cc3nc(c4ccccc4n3)N[C@@H](C(C)C)C(=O)NCC2C1. The monoisotopic (exact) mass is 539 g/mol. The van der Waals surface area contributed by atoms with Gasteiger partial charge in [-0.3, -0.25) is 14.5 Å². The Morgan fingerprint density at radius 2 is 1.82 bits per heavy atom. The highest BCUT2D eigenvalue weighted by Gasteiger charge is 2.35. The molecule has 2 bridgehead atoms. The van der Waals surface area contributed by atoms with Gasteiger partial charge in [0.1, 0.15) is 34.7 Å². The van der Waals surface area contributed by atoms with E-state index in [9.17, 15) is 9.59 Å². The first-order valence-corrected chi connectivity index (χ1v) is 13.7. The highest BCUT2D eigenvalue weighted by Crippen LogP contribution is 2.28. The molecule has 2 aromatic carbocycles. The van der Waals surface area contributed by atoms with Crippen LogP contribution in [0.5, 0.6) is 0 Å². The second-order valence-corrected chi connectivity index (χ2v) is 10.8. The molecular formula is C30H33N7O3. The fraction of sp³-hybridized carbons (Fsp3) is 0.367. The Bertz CT molecular complexity index is 1550. The number of aromatic nitrogens is 3. The van der Waals surface area contributed by atoms with Crippen molar-refractivity contribution in [3.05, 3.63) is 71.7 Å². The Labute approximate surface area is 232 Å². The van der Waals surface area contributed by atoms with Crippen LogP contribution in [0.4, 0.5) is 5.82 Å². The minimum Gasteiger partial charge on any atom is -0.360 e. The van der Waals surface area contributed by atoms with Crippen LogP contribution in [0.25, 0.3) is 22.2 Å². The van der Waals surface area contributed by atoms with Crippen molar-refractivity contribution >= 4 is 28.5 Å². The topological polar surface area (TPSA) is 116 Å². The molecule has 10 nitrogen and oxygen atoms in total. The summed E-state index contributed by atoms with van der Waals surface area (Å²) in [4.78, 5) is 41.1. The van der Waals surface area contributed by atoms with E-state index in [4.69, 9.17) is 14.5 Å². The first-order chi connectivity index (χ1) is 19.4. The molecule has 0 radical (unpaired) electrons. The van der Waals surface area contributed by atoms with E-state index in [1.807, 2.05) is 73.3 Å². The first-order valence-electron chi connectivity index (χ1n) is 13.7. The molecule has 1 saturated heterocycles. The van der Waals surface area contributed by atoms with E-state index in [-0.39, 0.29) is 23.8 Å². The normalized spacial score (nSPS) is 20.0. The summed E-state index contributed by atoms with van der Waals surface area (Å²) in [7, 11) is 0. The summed E-state index contributed by atoms with van der Waals surface area (Å²) in [5, 5.41) is 11.6. The van der Waals surface area contributed by atoms with Crippen molar-refractivity contribution < 1.29 is 14.1 Å². The number of nitrogens with one attached hydrogen (secondary N) is 2. The van der Waals surface area contributed by atoms with Crippen molar-refractivity contribution in [2.75, 3.05) is 31.5 Å². The lowest BCUT2D eigenvalue weighted by Gasteiger charge is -2.41. The molecular weight excluding hydrogens is 506 g/mol. The Hall–Kier alpha value is -4.31. The molecule has 206 valence electrons. The molecule has 2 N–H and O–H groups in total. The smallest absolute Gasteiger partial charge is 0.259 e. The summed E-state index contributed by atoms with van der Waals surface area (Å²) in [5.41, 5.74) is 2.69. The average Bonchev–Trinajstić information content (AvgIpc) is 3.35. The van der Waals surface area contributed by atoms with Gasteiger partial charge in [0, 0.05) is 43.2 Å². The van der Waals surface area contributed by atoms with Crippen LogP contribution in [0.15, 0.2) is 59.1 Å². The molecule has 4 heterocycles. The molecule has 1 fully saturated rings. The van der Waals surface area contributed by atoms with Crippen LogP contribution in [0.1, 0.15) is 35.8 Å². The van der Waals surface area contributed by atoms with Gasteiger partial charge in [0.2, 0.25) is 5.91 Å². The minimum absolute atomic E-state index is 0.0337. The number of piperazine rings is 1. The fourth-order valence-electron chi connectivity index (χ4n) is 5.55. The number of para-hydroxylation sites is 1. The maximum Gasteiger partial charge on any atom is 0.259 e. The number of aryl methyl sites for hydroxylation is 1. The van der Waals surface area contributed by atoms with E-state index in [1.54, 1.807) is 6.92 Å². The van der Waals surface area contributed by atoms with Gasteiger partial charge in [0.25, 0.3) is 5.91 Å². The van der Waals surface area contributed by atoms with E-state index in [1.165, 1.54) is 0 Å². The number of benzene rings is 2. The van der Waals surface area contributed by atoms with Gasteiger partial charge in [-0.25, -0.2) is 9.97 Å². The van der Waals surface area contributed by atoms with Crippen molar-refractivity contribution in [3.8, 4) is 11.3 Å². The number of carbonyl (C=O) groups excluding carboxylic acids is 2. The number of carbonyl (C=O) groups is 2. The second-order valence-electron chi connectivity index (χ2n) is 10.8. The van der Waals surface area contributed by atoms with Crippen LogP contribution < -0.4 is 10.6 Å². The predicted octanol–water partition coefficient (Wildman–Crippen LogP) is 3.49. The van der Waals surface area contributed by atoms with Crippen LogP contribution in [-0.2, 0) is 11.3 Å². The van der Waals surface area contributed by atoms with E-state index in [0.717, 1.165) is 16.5 Å². The predicted molar refractivity (Wildman–Crippen MR) is 152 cm³/mol. The standard InChI is InChI=1S/C30H33N7O3/c1-18(2)26-29(38)31-15-21-16-37(30(39)25-19(3)40-35-27(25)20-9-5-4-6-10-20)14-13-36(21)17-24-32-23-12-8-7-11-22(23)28(33-24)34-26/h4-12,18,21,26H,13-17H2,1-3H3,(H,31,38)(H,32,33,34)/t21?,26-/m0/s1. The molecule has 2 aliphatic rings. The van der Waals surface area contributed by atoms with Gasteiger partial charge in [-0.05, 0) is 25.0 Å². The zero-order valence-corrected chi connectivity index (χ0v) is 22.9. The summed E-state index contributed by atoms with van der Waals surface area (Å²) < 4.78 is 5.47. The first kappa shape index (κ1) is 25.9. The zero-order valence-electron chi connectivity index (χ0n) is 22.9. The van der Waals surface area contributed by atoms with Gasteiger partial charge < -0.3 is 20.1 Å². The molecule has 10 heteroatoms. The molecule has 4 aromatic rings. The Balaban J connectivity index is 1.31. The molecule has 2 amide bonds. The summed E-state index contributed by atoms with van der Waals surface area (Å²) in [6.45, 7) is 8.29. The molecule has 0 aliphatic carbocycles. The Kier molecular flexibility index (Phi) is 6.93. The van der Waals surface area contributed by atoms with Crippen LogP contribution in [0.3, 0.4) is 0 Å². The van der Waals surface area contributed by atoms with Gasteiger partial charge in [0.15, 0.2) is 0 Å². The minimum atomic E-state index is -0.466. The average molecular weight is 540 g/mol. The second kappa shape index (κ2) is 10.7. The third-order valence-corrected chi connectivity index (χ3v) is 7.76. The summed E-state index contributed by atoms with van der Waals surface area (Å²) in [6, 6.07) is 16.9. The molecule has 6 rings (SSSR count). The number of amides is 2. The number of nitrogens with zero attached hydrogens (tertiary/aromatic N) is 5. The van der Waals surface area contributed by atoms with Crippen molar-refractivity contribution in [3.63, 3.8) is 0 Å². The summed E-state index contributed by atoms with van der Waals surface area (Å²) in [5.74, 6) is 1.66. The molecule has 2 atom stereocenters. The van der Waals surface area contributed by atoms with Crippen LogP contribution in [0, 0.1) is 12.8 Å². The van der Waals surface area contributed by atoms with Crippen LogP contribution >= 0.6 is 0 Å². The lowest BCUT2D eigenvalue weighted by atomic mass is 10.0. The van der Waals surface area contributed by atoms with Gasteiger partial charge in [-0.15, -0.1) is 0 Å². The Morgan fingerprint density at radius 1 is 1.05 bits per heavy atom. The molecule has 40 heavy (non-hydrogen) atoms. The lowest BCUT2D eigenvalue weighted by molar-refractivity contribution is -0.123. The molecule has 2 aromatic heterocycles. The molecule has 0 spiro atoms. The van der Waals surface area contributed by atoms with Crippen LogP contribution in [-0.4, -0.2) is 75.0 Å². The van der Waals surface area contributed by atoms with Gasteiger partial charge in [-0.1, -0.05) is 61.5 Å². The van der Waals surface area contributed by atoms with E-state index in [0.29, 0.717) is 61.4 Å². The number of rotatable bonds is 3. The van der Waals surface area contributed by atoms with Crippen molar-refractivity contribution in [1.29, 1.82) is 0 Å². The number of anilines is 1. The molecule has 0 saturated carbocycles. The number of fused-ring (bicyclic) bond motifs is 5. The van der Waals surface area contributed by atoms with Crippen molar-refractivity contribution in [1.82, 2.24) is 30.2 Å².